The number of carbonyl (C=O) groups excluding carboxylic acids is 1. The van der Waals surface area contributed by atoms with E-state index in [9.17, 15) is 14.7 Å². The maximum absolute atomic E-state index is 12.9. The lowest BCUT2D eigenvalue weighted by molar-refractivity contribution is 0.0929. The third kappa shape index (κ3) is 4.02. The average molecular weight is 436 g/mol. The molecule has 1 heterocycles. The molecule has 7 nitrogen and oxygen atoms in total. The standard InChI is InChI=1S/C25H29N3O4/c1-27-16-22(29)28(24(27)31)19-12-14-25(15-13-19,18-8-4-3-5-9-18)17-26-23(30)20-10-6-7-11-21(20)32-2/h3-11,16,19,29H,12-15,17H2,1-2H3,(H,26,30). The van der Waals surface area contributed by atoms with Crippen LogP contribution in [0.1, 0.15) is 47.6 Å². The first-order valence-electron chi connectivity index (χ1n) is 10.9. The molecule has 2 N–H and O–H groups in total. The van der Waals surface area contributed by atoms with Gasteiger partial charge in [-0.1, -0.05) is 42.5 Å². The lowest BCUT2D eigenvalue weighted by Crippen LogP contribution is -2.44. The Hall–Kier alpha value is -3.48. The van der Waals surface area contributed by atoms with Gasteiger partial charge in [-0.15, -0.1) is 0 Å². The van der Waals surface area contributed by atoms with Gasteiger partial charge in [0.25, 0.3) is 5.91 Å². The first kappa shape index (κ1) is 21.7. The lowest BCUT2D eigenvalue weighted by atomic mass is 9.68. The SMILES string of the molecule is COc1ccccc1C(=O)NCC1(c2ccccc2)CCC(n2c(O)cn(C)c2=O)CC1. The minimum absolute atomic E-state index is 0.000753. The van der Waals surface area contributed by atoms with Gasteiger partial charge in [-0.2, -0.15) is 0 Å². The Morgan fingerprint density at radius 1 is 1.12 bits per heavy atom. The van der Waals surface area contributed by atoms with Crippen molar-refractivity contribution in [3.05, 3.63) is 82.4 Å². The third-order valence-electron chi connectivity index (χ3n) is 6.67. The normalized spacial score (nSPS) is 20.6. The molecule has 0 radical (unpaired) electrons. The van der Waals surface area contributed by atoms with Crippen LogP contribution in [0.3, 0.4) is 0 Å². The topological polar surface area (TPSA) is 85.5 Å². The van der Waals surface area contributed by atoms with Gasteiger partial charge >= 0.3 is 5.69 Å². The highest BCUT2D eigenvalue weighted by molar-refractivity contribution is 5.96. The Morgan fingerprint density at radius 3 is 2.41 bits per heavy atom. The highest BCUT2D eigenvalue weighted by Gasteiger charge is 2.38. The van der Waals surface area contributed by atoms with Gasteiger partial charge in [-0.05, 0) is 43.4 Å². The number of amides is 1. The molecule has 0 spiro atoms. The van der Waals surface area contributed by atoms with E-state index in [4.69, 9.17) is 4.74 Å². The predicted molar refractivity (Wildman–Crippen MR) is 122 cm³/mol. The van der Waals surface area contributed by atoms with Crippen LogP contribution in [0.5, 0.6) is 11.6 Å². The molecule has 3 aromatic rings. The predicted octanol–water partition coefficient (Wildman–Crippen LogP) is 3.38. The van der Waals surface area contributed by atoms with Crippen LogP contribution in [-0.4, -0.2) is 33.8 Å². The smallest absolute Gasteiger partial charge is 0.331 e. The number of methoxy groups -OCH3 is 1. The molecule has 0 saturated heterocycles. The van der Waals surface area contributed by atoms with Crippen molar-refractivity contribution in [2.75, 3.05) is 13.7 Å². The highest BCUT2D eigenvalue weighted by atomic mass is 16.5. The summed E-state index contributed by atoms with van der Waals surface area (Å²) >= 11 is 0. The summed E-state index contributed by atoms with van der Waals surface area (Å²) < 4.78 is 8.23. The number of aromatic nitrogens is 2. The van der Waals surface area contributed by atoms with E-state index in [1.165, 1.54) is 20.9 Å². The molecule has 1 saturated carbocycles. The Balaban J connectivity index is 1.56. The van der Waals surface area contributed by atoms with Crippen LogP contribution in [0.4, 0.5) is 0 Å². The van der Waals surface area contributed by atoms with Crippen LogP contribution in [0.2, 0.25) is 0 Å². The minimum atomic E-state index is -0.247. The molecule has 0 unspecified atom stereocenters. The molecule has 4 rings (SSSR count). The molecule has 1 fully saturated rings. The molecular weight excluding hydrogens is 406 g/mol. The van der Waals surface area contributed by atoms with E-state index in [1.54, 1.807) is 26.3 Å². The summed E-state index contributed by atoms with van der Waals surface area (Å²) in [5.74, 6) is 0.373. The van der Waals surface area contributed by atoms with E-state index in [0.717, 1.165) is 25.7 Å². The highest BCUT2D eigenvalue weighted by Crippen LogP contribution is 2.43. The van der Waals surface area contributed by atoms with Gasteiger partial charge < -0.3 is 15.2 Å². The largest absolute Gasteiger partial charge is 0.496 e. The van der Waals surface area contributed by atoms with Crippen molar-refractivity contribution < 1.29 is 14.6 Å². The van der Waals surface area contributed by atoms with E-state index >= 15 is 0 Å². The summed E-state index contributed by atoms with van der Waals surface area (Å²) in [6, 6.07) is 17.3. The summed E-state index contributed by atoms with van der Waals surface area (Å²) in [4.78, 5) is 25.4. The van der Waals surface area contributed by atoms with Crippen LogP contribution in [-0.2, 0) is 12.5 Å². The molecule has 1 aliphatic rings. The number of nitrogens with zero attached hydrogens (tertiary/aromatic N) is 2. The second-order valence-corrected chi connectivity index (χ2v) is 8.51. The number of aromatic hydroxyl groups is 1. The molecule has 168 valence electrons. The maximum Gasteiger partial charge on any atom is 0.331 e. The molecule has 7 heteroatoms. The van der Waals surface area contributed by atoms with Crippen LogP contribution < -0.4 is 15.7 Å². The lowest BCUT2D eigenvalue weighted by Gasteiger charge is -2.41. The van der Waals surface area contributed by atoms with Crippen molar-refractivity contribution in [2.45, 2.75) is 37.1 Å². The molecule has 0 aliphatic heterocycles. The quantitative estimate of drug-likeness (QED) is 0.622. The fraction of sp³-hybridized carbons (Fsp3) is 0.360. The molecule has 32 heavy (non-hydrogen) atoms. The van der Waals surface area contributed by atoms with Crippen molar-refractivity contribution in [3.8, 4) is 11.6 Å². The van der Waals surface area contributed by atoms with Gasteiger partial charge in [0.15, 0.2) is 0 Å². The Kier molecular flexibility index (Phi) is 6.08. The zero-order chi connectivity index (χ0) is 22.7. The summed E-state index contributed by atoms with van der Waals surface area (Å²) in [6.45, 7) is 0.482. The number of aryl methyl sites for hydroxylation is 1. The van der Waals surface area contributed by atoms with E-state index in [-0.39, 0.29) is 28.9 Å². The fourth-order valence-electron chi connectivity index (χ4n) is 4.85. The van der Waals surface area contributed by atoms with Gasteiger partial charge in [-0.3, -0.25) is 13.9 Å². The van der Waals surface area contributed by atoms with Gasteiger partial charge in [0, 0.05) is 25.0 Å². The fourth-order valence-corrected chi connectivity index (χ4v) is 4.85. The number of carbonyl (C=O) groups is 1. The van der Waals surface area contributed by atoms with Crippen molar-refractivity contribution in [2.24, 2.45) is 7.05 Å². The van der Waals surface area contributed by atoms with Gasteiger partial charge in [0.1, 0.15) is 5.75 Å². The molecule has 0 bridgehead atoms. The van der Waals surface area contributed by atoms with Crippen molar-refractivity contribution >= 4 is 5.91 Å². The van der Waals surface area contributed by atoms with Gasteiger partial charge in [0.05, 0.1) is 18.9 Å². The Labute approximate surface area is 187 Å². The second-order valence-electron chi connectivity index (χ2n) is 8.51. The van der Waals surface area contributed by atoms with Crippen LogP contribution in [0.15, 0.2) is 65.6 Å². The molecule has 1 aliphatic carbocycles. The minimum Gasteiger partial charge on any atom is -0.496 e. The Morgan fingerprint density at radius 2 is 1.78 bits per heavy atom. The summed E-state index contributed by atoms with van der Waals surface area (Å²) in [5.41, 5.74) is 1.23. The van der Waals surface area contributed by atoms with Gasteiger partial charge in [-0.25, -0.2) is 4.79 Å². The monoisotopic (exact) mass is 435 g/mol. The molecule has 0 atom stereocenters. The number of hydrogen-bond donors (Lipinski definition) is 2. The first-order chi connectivity index (χ1) is 15.4. The summed E-state index contributed by atoms with van der Waals surface area (Å²) in [7, 11) is 3.20. The first-order valence-corrected chi connectivity index (χ1v) is 10.9. The van der Waals surface area contributed by atoms with E-state index in [1.807, 2.05) is 30.3 Å². The maximum atomic E-state index is 12.9. The zero-order valence-electron chi connectivity index (χ0n) is 18.5. The molecular formula is C25H29N3O4. The van der Waals surface area contributed by atoms with Gasteiger partial charge in [0.2, 0.25) is 5.88 Å². The van der Waals surface area contributed by atoms with E-state index in [2.05, 4.69) is 17.4 Å². The van der Waals surface area contributed by atoms with Crippen molar-refractivity contribution in [1.82, 2.24) is 14.5 Å². The molecule has 1 amide bonds. The number of ether oxygens (including phenoxy) is 1. The van der Waals surface area contributed by atoms with E-state index in [0.29, 0.717) is 17.9 Å². The number of nitrogens with one attached hydrogen (secondary N) is 1. The van der Waals surface area contributed by atoms with Crippen LogP contribution >= 0.6 is 0 Å². The second kappa shape index (κ2) is 8.94. The number of hydrogen-bond acceptors (Lipinski definition) is 4. The summed E-state index contributed by atoms with van der Waals surface area (Å²) in [5, 5.41) is 13.4. The van der Waals surface area contributed by atoms with Crippen LogP contribution in [0, 0.1) is 0 Å². The molecule has 2 aromatic carbocycles. The molecule has 1 aromatic heterocycles. The van der Waals surface area contributed by atoms with Crippen molar-refractivity contribution in [3.63, 3.8) is 0 Å². The zero-order valence-corrected chi connectivity index (χ0v) is 18.5. The average Bonchev–Trinajstić information content (AvgIpc) is 3.09. The van der Waals surface area contributed by atoms with E-state index < -0.39 is 0 Å². The van der Waals surface area contributed by atoms with Crippen molar-refractivity contribution in [1.29, 1.82) is 0 Å². The third-order valence-corrected chi connectivity index (χ3v) is 6.67. The number of para-hydroxylation sites is 1. The number of imidazole rings is 1. The van der Waals surface area contributed by atoms with Crippen LogP contribution in [0.25, 0.3) is 0 Å². The number of benzene rings is 2. The number of rotatable bonds is 6. The summed E-state index contributed by atoms with van der Waals surface area (Å²) in [6.07, 6.45) is 4.49. The Bertz CT molecular complexity index is 1140.